The highest BCUT2D eigenvalue weighted by Gasteiger charge is 2.57. The molecule has 0 radical (unpaired) electrons. The lowest BCUT2D eigenvalue weighted by atomic mass is 9.83. The van der Waals surface area contributed by atoms with E-state index in [2.05, 4.69) is 26.5 Å². The number of carbonyl (C=O) groups is 2. The van der Waals surface area contributed by atoms with Crippen molar-refractivity contribution in [3.63, 3.8) is 0 Å². The SMILES string of the molecule is CC(C)(C(=O)N1CCOCC1)n1cc(Nc2nccc(N3CC[C@@](C#N)(C4CC4)C3=O)n2)cn1.Cl. The summed E-state index contributed by atoms with van der Waals surface area (Å²) < 4.78 is 6.97. The molecule has 2 saturated heterocycles. The van der Waals surface area contributed by atoms with Gasteiger partial charge in [-0.05, 0) is 45.1 Å². The van der Waals surface area contributed by atoms with Crippen LogP contribution in [0.15, 0.2) is 24.7 Å². The molecule has 1 saturated carbocycles. The number of amides is 2. The molecule has 1 N–H and O–H groups in total. The Labute approximate surface area is 209 Å². The maximum absolute atomic E-state index is 13.1. The number of anilines is 3. The first-order chi connectivity index (χ1) is 16.3. The number of aromatic nitrogens is 4. The largest absolute Gasteiger partial charge is 0.378 e. The van der Waals surface area contributed by atoms with E-state index in [1.165, 1.54) is 0 Å². The Hall–Kier alpha value is -3.23. The van der Waals surface area contributed by atoms with Crippen molar-refractivity contribution in [3.8, 4) is 6.07 Å². The second kappa shape index (κ2) is 9.43. The predicted molar refractivity (Wildman–Crippen MR) is 129 cm³/mol. The molecule has 186 valence electrons. The summed E-state index contributed by atoms with van der Waals surface area (Å²) in [7, 11) is 0. The Morgan fingerprint density at radius 3 is 2.71 bits per heavy atom. The molecule has 4 heterocycles. The molecule has 1 aliphatic carbocycles. The molecule has 0 unspecified atom stereocenters. The molecule has 0 aromatic carbocycles. The molecule has 35 heavy (non-hydrogen) atoms. The predicted octanol–water partition coefficient (Wildman–Crippen LogP) is 2.09. The molecule has 5 rings (SSSR count). The fraction of sp³-hybridized carbons (Fsp3) is 0.565. The average molecular weight is 501 g/mol. The van der Waals surface area contributed by atoms with E-state index in [0.29, 0.717) is 56.7 Å². The van der Waals surface area contributed by atoms with Crippen LogP contribution in [0.3, 0.4) is 0 Å². The number of morpholine rings is 1. The first-order valence-corrected chi connectivity index (χ1v) is 11.6. The van der Waals surface area contributed by atoms with Crippen molar-refractivity contribution in [1.29, 1.82) is 5.26 Å². The van der Waals surface area contributed by atoms with Crippen molar-refractivity contribution in [2.24, 2.45) is 11.3 Å². The maximum atomic E-state index is 13.1. The highest BCUT2D eigenvalue weighted by atomic mass is 35.5. The zero-order valence-electron chi connectivity index (χ0n) is 19.8. The summed E-state index contributed by atoms with van der Waals surface area (Å²) in [4.78, 5) is 38.3. The van der Waals surface area contributed by atoms with Crippen molar-refractivity contribution < 1.29 is 14.3 Å². The van der Waals surface area contributed by atoms with E-state index in [4.69, 9.17) is 4.74 Å². The lowest BCUT2D eigenvalue weighted by molar-refractivity contribution is -0.143. The van der Waals surface area contributed by atoms with Gasteiger partial charge in [0.15, 0.2) is 0 Å². The van der Waals surface area contributed by atoms with Gasteiger partial charge in [0.2, 0.25) is 17.8 Å². The van der Waals surface area contributed by atoms with Gasteiger partial charge in [0.25, 0.3) is 0 Å². The molecule has 1 atom stereocenters. The lowest BCUT2D eigenvalue weighted by Gasteiger charge is -2.34. The number of nitrogens with one attached hydrogen (secondary N) is 1. The highest BCUT2D eigenvalue weighted by molar-refractivity contribution is 6.01. The Morgan fingerprint density at radius 2 is 2.03 bits per heavy atom. The Bertz CT molecular complexity index is 1150. The minimum atomic E-state index is -0.918. The molecule has 2 aromatic rings. The van der Waals surface area contributed by atoms with E-state index in [9.17, 15) is 14.9 Å². The summed E-state index contributed by atoms with van der Waals surface area (Å²) in [6.45, 7) is 6.35. The summed E-state index contributed by atoms with van der Waals surface area (Å²) in [5.74, 6) is 0.744. The van der Waals surface area contributed by atoms with Gasteiger partial charge in [-0.15, -0.1) is 12.4 Å². The summed E-state index contributed by atoms with van der Waals surface area (Å²) in [6.07, 6.45) is 7.31. The quantitative estimate of drug-likeness (QED) is 0.638. The Kier molecular flexibility index (Phi) is 6.71. The summed E-state index contributed by atoms with van der Waals surface area (Å²) in [6, 6.07) is 3.97. The number of ether oxygens (including phenoxy) is 1. The second-order valence-electron chi connectivity index (χ2n) is 9.56. The van der Waals surface area contributed by atoms with Gasteiger partial charge in [-0.3, -0.25) is 19.2 Å². The van der Waals surface area contributed by atoms with E-state index in [0.717, 1.165) is 12.8 Å². The molecule has 0 bridgehead atoms. The molecular formula is C23H29ClN8O3. The molecule has 0 spiro atoms. The zero-order valence-corrected chi connectivity index (χ0v) is 20.6. The lowest BCUT2D eigenvalue weighted by Crippen LogP contribution is -2.51. The molecule has 2 aromatic heterocycles. The van der Waals surface area contributed by atoms with Gasteiger partial charge in [0.05, 0.1) is 31.2 Å². The minimum Gasteiger partial charge on any atom is -0.378 e. The summed E-state index contributed by atoms with van der Waals surface area (Å²) >= 11 is 0. The van der Waals surface area contributed by atoms with Crippen molar-refractivity contribution in [2.45, 2.75) is 38.6 Å². The third kappa shape index (κ3) is 4.44. The zero-order chi connectivity index (χ0) is 23.9. The third-order valence-electron chi connectivity index (χ3n) is 6.98. The summed E-state index contributed by atoms with van der Waals surface area (Å²) in [5.41, 5.74) is -1.17. The Balaban J connectivity index is 0.00000289. The molecule has 12 heteroatoms. The number of carbonyl (C=O) groups excluding carboxylic acids is 2. The third-order valence-corrected chi connectivity index (χ3v) is 6.98. The van der Waals surface area contributed by atoms with Crippen LogP contribution in [0.5, 0.6) is 0 Å². The van der Waals surface area contributed by atoms with Crippen LogP contribution in [-0.2, 0) is 19.9 Å². The monoisotopic (exact) mass is 500 g/mol. The highest BCUT2D eigenvalue weighted by Crippen LogP contribution is 2.51. The van der Waals surface area contributed by atoms with Crippen molar-refractivity contribution in [2.75, 3.05) is 43.1 Å². The molecule has 2 amide bonds. The van der Waals surface area contributed by atoms with E-state index in [-0.39, 0.29) is 30.1 Å². The fourth-order valence-corrected chi connectivity index (χ4v) is 4.74. The number of hydrogen-bond donors (Lipinski definition) is 1. The molecule has 11 nitrogen and oxygen atoms in total. The van der Waals surface area contributed by atoms with Crippen LogP contribution in [0.2, 0.25) is 0 Å². The van der Waals surface area contributed by atoms with E-state index < -0.39 is 11.0 Å². The smallest absolute Gasteiger partial charge is 0.250 e. The first-order valence-electron chi connectivity index (χ1n) is 11.6. The van der Waals surface area contributed by atoms with Crippen LogP contribution in [0.1, 0.15) is 33.1 Å². The van der Waals surface area contributed by atoms with Crippen molar-refractivity contribution >= 4 is 41.7 Å². The van der Waals surface area contributed by atoms with Crippen LogP contribution in [0, 0.1) is 22.7 Å². The number of rotatable bonds is 6. The van der Waals surface area contributed by atoms with Gasteiger partial charge in [0, 0.05) is 32.0 Å². The molecule has 3 aliphatic rings. The standard InChI is InChI=1S/C23H28N8O3.ClH/c1-22(2,19(32)29-9-11-34-12-10-29)31-14-17(13-26-31)27-21-25-7-5-18(28-21)30-8-6-23(15-24,20(30)33)16-3-4-16;/h5,7,13-14,16H,3-4,6,8-12H2,1-2H3,(H,25,27,28);1H/t23-;/m1./s1. The van der Waals surface area contributed by atoms with Crippen LogP contribution >= 0.6 is 12.4 Å². The van der Waals surface area contributed by atoms with Gasteiger partial charge in [0.1, 0.15) is 16.8 Å². The van der Waals surface area contributed by atoms with E-state index >= 15 is 0 Å². The van der Waals surface area contributed by atoms with E-state index in [1.54, 1.807) is 39.1 Å². The average Bonchev–Trinajstić information content (AvgIpc) is 3.50. The Morgan fingerprint density at radius 1 is 1.29 bits per heavy atom. The first kappa shape index (κ1) is 24.9. The van der Waals surface area contributed by atoms with Gasteiger partial charge in [-0.2, -0.15) is 15.3 Å². The fourth-order valence-electron chi connectivity index (χ4n) is 4.74. The van der Waals surface area contributed by atoms with Crippen molar-refractivity contribution in [1.82, 2.24) is 24.6 Å². The van der Waals surface area contributed by atoms with Crippen LogP contribution in [-0.4, -0.2) is 69.3 Å². The molecular weight excluding hydrogens is 472 g/mol. The molecule has 2 aliphatic heterocycles. The summed E-state index contributed by atoms with van der Waals surface area (Å²) in [5, 5.41) is 17.2. The number of halogens is 1. The second-order valence-corrected chi connectivity index (χ2v) is 9.56. The van der Waals surface area contributed by atoms with Gasteiger partial charge in [-0.1, -0.05) is 0 Å². The van der Waals surface area contributed by atoms with E-state index in [1.807, 2.05) is 13.8 Å². The minimum absolute atomic E-state index is 0. The van der Waals surface area contributed by atoms with Crippen LogP contribution in [0.4, 0.5) is 17.5 Å². The molecule has 3 fully saturated rings. The number of nitrogens with zero attached hydrogens (tertiary/aromatic N) is 7. The van der Waals surface area contributed by atoms with Crippen LogP contribution in [0.25, 0.3) is 0 Å². The van der Waals surface area contributed by atoms with Gasteiger partial charge in [-0.25, -0.2) is 4.98 Å². The number of nitriles is 1. The van der Waals surface area contributed by atoms with Gasteiger partial charge >= 0.3 is 0 Å². The number of hydrogen-bond acceptors (Lipinski definition) is 8. The topological polar surface area (TPSA) is 129 Å². The van der Waals surface area contributed by atoms with Crippen LogP contribution < -0.4 is 10.2 Å². The van der Waals surface area contributed by atoms with Crippen molar-refractivity contribution in [3.05, 3.63) is 24.7 Å². The maximum Gasteiger partial charge on any atom is 0.250 e. The normalized spacial score (nSPS) is 22.5. The van der Waals surface area contributed by atoms with Gasteiger partial charge < -0.3 is 15.0 Å².